The molecule has 3 aromatic rings. The fourth-order valence-corrected chi connectivity index (χ4v) is 3.00. The molecule has 0 saturated heterocycles. The smallest absolute Gasteiger partial charge is 0.299 e. The van der Waals surface area contributed by atoms with E-state index in [-0.39, 0.29) is 10.7 Å². The Kier molecular flexibility index (Phi) is 6.28. The highest BCUT2D eigenvalue weighted by Crippen LogP contribution is 2.32. The Labute approximate surface area is 161 Å². The number of hydrogen-bond donors (Lipinski definition) is 0. The first-order valence-corrected chi connectivity index (χ1v) is 10.3. The van der Waals surface area contributed by atoms with Crippen LogP contribution in [0.15, 0.2) is 53.7 Å². The number of alkyl halides is 3. The fourth-order valence-electron chi connectivity index (χ4n) is 2.37. The fraction of sp³-hybridized carbons (Fsp3) is 0.263. The van der Waals surface area contributed by atoms with Gasteiger partial charge in [-0.25, -0.2) is 13.4 Å². The minimum atomic E-state index is -4.61. The summed E-state index contributed by atoms with van der Waals surface area (Å²) in [5, 5.41) is 0. The number of benzene rings is 1. The maximum Gasteiger partial charge on any atom is 0.434 e. The summed E-state index contributed by atoms with van der Waals surface area (Å²) in [6, 6.07) is 8.86. The van der Waals surface area contributed by atoms with Gasteiger partial charge in [-0.1, -0.05) is 13.8 Å². The molecule has 0 unspecified atom stereocenters. The molecule has 2 aromatic heterocycles. The quantitative estimate of drug-likeness (QED) is 0.627. The molecule has 0 spiro atoms. The molecule has 3 rings (SSSR count). The Morgan fingerprint density at radius 2 is 1.61 bits per heavy atom. The number of aromatic nitrogens is 3. The van der Waals surface area contributed by atoms with E-state index in [1.807, 2.05) is 13.8 Å². The number of aryl methyl sites for hydroxylation is 1. The van der Waals surface area contributed by atoms with Crippen molar-refractivity contribution in [3.63, 3.8) is 0 Å². The van der Waals surface area contributed by atoms with E-state index in [1.54, 1.807) is 19.1 Å². The molecule has 0 atom stereocenters. The number of hydrogen-bond acceptors (Lipinski definition) is 4. The first-order chi connectivity index (χ1) is 13.1. The number of sulfone groups is 1. The van der Waals surface area contributed by atoms with Crippen molar-refractivity contribution in [2.24, 2.45) is 0 Å². The van der Waals surface area contributed by atoms with Gasteiger partial charge < -0.3 is 0 Å². The summed E-state index contributed by atoms with van der Waals surface area (Å²) in [6.07, 6.45) is -1.22. The molecule has 5 nitrogen and oxygen atoms in total. The number of imidazole rings is 1. The molecule has 0 aliphatic heterocycles. The van der Waals surface area contributed by atoms with Crippen LogP contribution in [0.2, 0.25) is 0 Å². The highest BCUT2D eigenvalue weighted by molar-refractivity contribution is 7.90. The second-order valence-corrected chi connectivity index (χ2v) is 7.79. The molecule has 0 bridgehead atoms. The number of halogens is 3. The normalized spacial score (nSPS) is 11.7. The van der Waals surface area contributed by atoms with Gasteiger partial charge in [-0.05, 0) is 43.3 Å². The van der Waals surface area contributed by atoms with E-state index < -0.39 is 21.7 Å². The van der Waals surface area contributed by atoms with Gasteiger partial charge in [0, 0.05) is 35.6 Å². The molecule has 0 aliphatic carbocycles. The van der Waals surface area contributed by atoms with Gasteiger partial charge in [0.15, 0.2) is 15.5 Å². The van der Waals surface area contributed by atoms with Gasteiger partial charge >= 0.3 is 6.18 Å². The van der Waals surface area contributed by atoms with Gasteiger partial charge in [0.25, 0.3) is 0 Å². The van der Waals surface area contributed by atoms with E-state index in [0.29, 0.717) is 11.3 Å². The lowest BCUT2D eigenvalue weighted by Gasteiger charge is -2.08. The van der Waals surface area contributed by atoms with E-state index in [4.69, 9.17) is 0 Å². The first-order valence-electron chi connectivity index (χ1n) is 8.46. The molecule has 0 amide bonds. The summed E-state index contributed by atoms with van der Waals surface area (Å²) >= 11 is 0. The zero-order valence-corrected chi connectivity index (χ0v) is 16.6. The van der Waals surface area contributed by atoms with Crippen molar-refractivity contribution >= 4 is 9.84 Å². The second-order valence-electron chi connectivity index (χ2n) is 5.77. The zero-order valence-electron chi connectivity index (χ0n) is 15.8. The minimum absolute atomic E-state index is 0.0666. The lowest BCUT2D eigenvalue weighted by molar-refractivity contribution is -0.140. The molecular formula is C19H20F3N3O2S. The minimum Gasteiger partial charge on any atom is -0.299 e. The van der Waals surface area contributed by atoms with E-state index in [0.717, 1.165) is 18.1 Å². The van der Waals surface area contributed by atoms with Crippen LogP contribution < -0.4 is 0 Å². The van der Waals surface area contributed by atoms with Crippen LogP contribution in [-0.4, -0.2) is 29.2 Å². The number of nitrogens with zero attached hydrogens (tertiary/aromatic N) is 3. The summed E-state index contributed by atoms with van der Waals surface area (Å²) in [5.74, 6) is 0.0666. The van der Waals surface area contributed by atoms with Crippen LogP contribution in [0, 0.1) is 6.92 Å². The van der Waals surface area contributed by atoms with Gasteiger partial charge in [-0.3, -0.25) is 9.55 Å². The lowest BCUT2D eigenvalue weighted by atomic mass is 10.2. The second kappa shape index (κ2) is 8.14. The topological polar surface area (TPSA) is 64.8 Å². The van der Waals surface area contributed by atoms with E-state index in [9.17, 15) is 21.6 Å². The number of rotatable bonds is 3. The van der Waals surface area contributed by atoms with Crippen LogP contribution in [0.5, 0.6) is 0 Å². The van der Waals surface area contributed by atoms with Gasteiger partial charge in [-0.2, -0.15) is 13.2 Å². The summed E-state index contributed by atoms with van der Waals surface area (Å²) in [7, 11) is -3.40. The standard InChI is InChI=1S/C17H14F3N3O2S.C2H6/c1-11-3-4-12(9-21-11)16-22-15(17(18,19)20)10-23(16)13-5-7-14(8-6-13)26(2,24)25;1-2/h3-10H,1-2H3;1-2H3. The third-order valence-electron chi connectivity index (χ3n) is 3.71. The third-order valence-corrected chi connectivity index (χ3v) is 4.84. The maximum atomic E-state index is 13.1. The van der Waals surface area contributed by atoms with E-state index in [2.05, 4.69) is 9.97 Å². The Morgan fingerprint density at radius 3 is 2.07 bits per heavy atom. The highest BCUT2D eigenvalue weighted by atomic mass is 32.2. The molecular weight excluding hydrogens is 391 g/mol. The zero-order chi connectivity index (χ0) is 21.1. The third kappa shape index (κ3) is 4.78. The van der Waals surface area contributed by atoms with Crippen molar-refractivity contribution in [2.45, 2.75) is 31.8 Å². The van der Waals surface area contributed by atoms with Gasteiger partial charge in [0.1, 0.15) is 5.82 Å². The van der Waals surface area contributed by atoms with Crippen LogP contribution in [0.4, 0.5) is 13.2 Å². The van der Waals surface area contributed by atoms with Crippen molar-refractivity contribution < 1.29 is 21.6 Å². The maximum absolute atomic E-state index is 13.1. The van der Waals surface area contributed by atoms with Crippen molar-refractivity contribution in [3.8, 4) is 17.1 Å². The van der Waals surface area contributed by atoms with Crippen LogP contribution >= 0.6 is 0 Å². The predicted molar refractivity (Wildman–Crippen MR) is 101 cm³/mol. The largest absolute Gasteiger partial charge is 0.434 e. The van der Waals surface area contributed by atoms with Crippen LogP contribution in [0.25, 0.3) is 17.1 Å². The monoisotopic (exact) mass is 411 g/mol. The van der Waals surface area contributed by atoms with Crippen LogP contribution in [-0.2, 0) is 16.0 Å². The van der Waals surface area contributed by atoms with Gasteiger partial charge in [0.05, 0.1) is 4.90 Å². The molecule has 0 fully saturated rings. The highest BCUT2D eigenvalue weighted by Gasteiger charge is 2.35. The summed E-state index contributed by atoms with van der Waals surface area (Å²) in [6.45, 7) is 5.77. The molecule has 0 N–H and O–H groups in total. The Balaban J connectivity index is 0.00000136. The van der Waals surface area contributed by atoms with Crippen molar-refractivity contribution in [3.05, 3.63) is 60.2 Å². The van der Waals surface area contributed by atoms with Gasteiger partial charge in [0.2, 0.25) is 0 Å². The van der Waals surface area contributed by atoms with E-state index in [1.165, 1.54) is 35.0 Å². The molecule has 9 heteroatoms. The molecule has 0 radical (unpaired) electrons. The SMILES string of the molecule is CC.Cc1ccc(-c2nc(C(F)(F)F)cn2-c2ccc(S(C)(=O)=O)cc2)cn1. The first kappa shape index (κ1) is 21.6. The lowest BCUT2D eigenvalue weighted by Crippen LogP contribution is -2.05. The summed E-state index contributed by atoms with van der Waals surface area (Å²) < 4.78 is 63.8. The molecule has 150 valence electrons. The van der Waals surface area contributed by atoms with Crippen molar-refractivity contribution in [1.82, 2.24) is 14.5 Å². The Bertz CT molecular complexity index is 1040. The Morgan fingerprint density at radius 1 is 1.00 bits per heavy atom. The van der Waals surface area contributed by atoms with E-state index >= 15 is 0 Å². The molecule has 0 saturated carbocycles. The van der Waals surface area contributed by atoms with Crippen LogP contribution in [0.1, 0.15) is 25.2 Å². The summed E-state index contributed by atoms with van der Waals surface area (Å²) in [5.41, 5.74) is 0.454. The molecule has 1 aromatic carbocycles. The van der Waals surface area contributed by atoms with Crippen LogP contribution in [0.3, 0.4) is 0 Å². The average Bonchev–Trinajstić information content (AvgIpc) is 3.09. The van der Waals surface area contributed by atoms with Crippen molar-refractivity contribution in [1.29, 1.82) is 0 Å². The predicted octanol–water partition coefficient (Wildman–Crippen LogP) is 4.69. The van der Waals surface area contributed by atoms with Crippen molar-refractivity contribution in [2.75, 3.05) is 6.26 Å². The number of pyridine rings is 1. The summed E-state index contributed by atoms with van der Waals surface area (Å²) in [4.78, 5) is 7.88. The Hall–Kier alpha value is -2.68. The molecule has 28 heavy (non-hydrogen) atoms. The molecule has 2 heterocycles. The molecule has 0 aliphatic rings. The van der Waals surface area contributed by atoms with Gasteiger partial charge in [-0.15, -0.1) is 0 Å². The average molecular weight is 411 g/mol.